The Kier molecular flexibility index (Phi) is 5.54. The molecule has 8 heteroatoms. The third-order valence-electron chi connectivity index (χ3n) is 5.58. The van der Waals surface area contributed by atoms with Crippen LogP contribution < -0.4 is 14.8 Å². The highest BCUT2D eigenvalue weighted by atomic mass is 16.5. The van der Waals surface area contributed by atoms with Crippen molar-refractivity contribution in [3.8, 4) is 11.5 Å². The number of ether oxygens (including phenoxy) is 3. The number of aromatic nitrogens is 1. The molecule has 0 aliphatic carbocycles. The predicted octanol–water partition coefficient (Wildman–Crippen LogP) is 3.18. The minimum absolute atomic E-state index is 0.0527. The molecule has 2 amide bonds. The molecule has 0 spiro atoms. The van der Waals surface area contributed by atoms with Crippen molar-refractivity contribution in [2.45, 2.75) is 33.4 Å². The maximum atomic E-state index is 13.1. The van der Waals surface area contributed by atoms with Crippen molar-refractivity contribution >= 4 is 12.0 Å². The van der Waals surface area contributed by atoms with Gasteiger partial charge in [-0.2, -0.15) is 0 Å². The van der Waals surface area contributed by atoms with Crippen LogP contribution in [0.3, 0.4) is 0 Å². The van der Waals surface area contributed by atoms with Gasteiger partial charge in [0.2, 0.25) is 0 Å². The van der Waals surface area contributed by atoms with Crippen LogP contribution in [0.25, 0.3) is 0 Å². The molecule has 2 aliphatic rings. The molecule has 1 atom stereocenters. The van der Waals surface area contributed by atoms with E-state index in [0.717, 1.165) is 28.2 Å². The number of rotatable bonds is 6. The molecule has 162 valence electrons. The van der Waals surface area contributed by atoms with Gasteiger partial charge in [-0.3, -0.25) is 9.88 Å². The van der Waals surface area contributed by atoms with E-state index < -0.39 is 12.0 Å². The molecule has 8 nitrogen and oxygen atoms in total. The first-order chi connectivity index (χ1) is 14.9. The smallest absolute Gasteiger partial charge is 0.338 e. The van der Waals surface area contributed by atoms with Crippen LogP contribution in [-0.4, -0.2) is 42.2 Å². The first-order valence-corrected chi connectivity index (χ1v) is 10.1. The molecule has 1 aromatic heterocycles. The van der Waals surface area contributed by atoms with Crippen molar-refractivity contribution in [1.29, 1.82) is 0 Å². The molecular weight excluding hydrogens is 398 g/mol. The lowest BCUT2D eigenvalue weighted by atomic mass is 9.95. The molecule has 2 aliphatic heterocycles. The number of urea groups is 1. The van der Waals surface area contributed by atoms with Crippen molar-refractivity contribution in [2.24, 2.45) is 0 Å². The molecule has 0 saturated carbocycles. The quantitative estimate of drug-likeness (QED) is 0.718. The molecular formula is C23H25N3O5. The zero-order valence-electron chi connectivity index (χ0n) is 18.0. The maximum absolute atomic E-state index is 13.1. The van der Waals surface area contributed by atoms with Gasteiger partial charge in [0.25, 0.3) is 0 Å². The van der Waals surface area contributed by atoms with E-state index in [1.54, 1.807) is 13.3 Å². The van der Waals surface area contributed by atoms with E-state index in [0.29, 0.717) is 23.6 Å². The van der Waals surface area contributed by atoms with Crippen LogP contribution in [-0.2, 0) is 16.1 Å². The minimum atomic E-state index is -0.578. The fourth-order valence-electron chi connectivity index (χ4n) is 4.03. The maximum Gasteiger partial charge on any atom is 0.338 e. The summed E-state index contributed by atoms with van der Waals surface area (Å²) < 4.78 is 16.3. The summed E-state index contributed by atoms with van der Waals surface area (Å²) in [6, 6.07) is 6.45. The van der Waals surface area contributed by atoms with Gasteiger partial charge in [-0.25, -0.2) is 9.59 Å². The number of aryl methyl sites for hydroxylation is 1. The summed E-state index contributed by atoms with van der Waals surface area (Å²) in [7, 11) is 1.61. The fraction of sp³-hybridized carbons (Fsp3) is 0.348. The van der Waals surface area contributed by atoms with Gasteiger partial charge in [-0.05, 0) is 38.5 Å². The summed E-state index contributed by atoms with van der Waals surface area (Å²) in [5, 5.41) is 2.94. The summed E-state index contributed by atoms with van der Waals surface area (Å²) in [5.41, 5.74) is 4.27. The van der Waals surface area contributed by atoms with Gasteiger partial charge >= 0.3 is 12.0 Å². The van der Waals surface area contributed by atoms with Gasteiger partial charge in [0.05, 0.1) is 43.3 Å². The Hall–Kier alpha value is -3.55. The molecule has 3 heterocycles. The van der Waals surface area contributed by atoms with Gasteiger partial charge in [0, 0.05) is 17.3 Å². The zero-order valence-corrected chi connectivity index (χ0v) is 18.0. The lowest BCUT2D eigenvalue weighted by Gasteiger charge is -2.33. The van der Waals surface area contributed by atoms with E-state index in [4.69, 9.17) is 14.2 Å². The Morgan fingerprint density at radius 2 is 1.97 bits per heavy atom. The van der Waals surface area contributed by atoms with Gasteiger partial charge in [0.1, 0.15) is 18.1 Å². The highest BCUT2D eigenvalue weighted by Gasteiger charge is 2.42. The molecule has 0 bridgehead atoms. The number of pyridine rings is 1. The number of carbonyl (C=O) groups is 2. The van der Waals surface area contributed by atoms with Gasteiger partial charge < -0.3 is 19.5 Å². The predicted molar refractivity (Wildman–Crippen MR) is 113 cm³/mol. The molecule has 2 aromatic rings. The first-order valence-electron chi connectivity index (χ1n) is 10.1. The topological polar surface area (TPSA) is 90.0 Å². The van der Waals surface area contributed by atoms with Crippen LogP contribution in [0.5, 0.6) is 11.5 Å². The summed E-state index contributed by atoms with van der Waals surface area (Å²) >= 11 is 0. The van der Waals surface area contributed by atoms with Crippen molar-refractivity contribution in [3.05, 3.63) is 64.1 Å². The van der Waals surface area contributed by atoms with E-state index in [-0.39, 0.29) is 19.2 Å². The molecule has 4 rings (SSSR count). The monoisotopic (exact) mass is 423 g/mol. The molecule has 0 fully saturated rings. The number of benzene rings is 1. The Morgan fingerprint density at radius 1 is 1.23 bits per heavy atom. The Labute approximate surface area is 180 Å². The minimum Gasteiger partial charge on any atom is -0.496 e. The third kappa shape index (κ3) is 3.69. The second-order valence-corrected chi connectivity index (χ2v) is 7.45. The summed E-state index contributed by atoms with van der Waals surface area (Å²) in [6.07, 6.45) is 1.72. The number of hydrogen-bond donors (Lipinski definition) is 1. The van der Waals surface area contributed by atoms with E-state index >= 15 is 0 Å². The molecule has 31 heavy (non-hydrogen) atoms. The van der Waals surface area contributed by atoms with Gasteiger partial charge in [-0.1, -0.05) is 12.1 Å². The molecule has 1 aromatic carbocycles. The average molecular weight is 423 g/mol. The van der Waals surface area contributed by atoms with E-state index in [1.807, 2.05) is 45.0 Å². The lowest BCUT2D eigenvalue weighted by molar-refractivity contribution is -0.136. The number of carbonyl (C=O) groups excluding carboxylic acids is 2. The molecule has 0 saturated heterocycles. The summed E-state index contributed by atoms with van der Waals surface area (Å²) in [4.78, 5) is 31.6. The molecule has 1 unspecified atom stereocenters. The summed E-state index contributed by atoms with van der Waals surface area (Å²) in [5.74, 6) is 1.04. The van der Waals surface area contributed by atoms with Crippen molar-refractivity contribution in [3.63, 3.8) is 0 Å². The van der Waals surface area contributed by atoms with Crippen LogP contribution in [0, 0.1) is 13.8 Å². The largest absolute Gasteiger partial charge is 0.496 e. The van der Waals surface area contributed by atoms with Crippen LogP contribution in [0.1, 0.15) is 35.3 Å². The number of hydrogen-bond acceptors (Lipinski definition) is 6. The molecule has 0 radical (unpaired) electrons. The normalized spacial score (nSPS) is 17.9. The first kappa shape index (κ1) is 20.7. The van der Waals surface area contributed by atoms with E-state index in [1.165, 1.54) is 4.90 Å². The van der Waals surface area contributed by atoms with Gasteiger partial charge in [0.15, 0.2) is 0 Å². The van der Waals surface area contributed by atoms with Crippen LogP contribution in [0.4, 0.5) is 4.79 Å². The zero-order chi connectivity index (χ0) is 22.1. The van der Waals surface area contributed by atoms with Crippen LogP contribution >= 0.6 is 0 Å². The van der Waals surface area contributed by atoms with Crippen molar-refractivity contribution in [2.75, 3.05) is 20.3 Å². The van der Waals surface area contributed by atoms with Crippen LogP contribution in [0.15, 0.2) is 41.7 Å². The average Bonchev–Trinajstić information content (AvgIpc) is 3.14. The van der Waals surface area contributed by atoms with Crippen molar-refractivity contribution < 1.29 is 23.8 Å². The number of methoxy groups -OCH3 is 1. The standard InChI is InChI=1S/C23H25N3O5/c1-5-30-16-8-6-15(7-9-16)20-19-18(12-31-22(19)27)26(23(28)25-20)11-17-14(3)21(29-4)13(2)10-24-17/h6-10,20H,5,11-12H2,1-4H3,(H,25,28). The van der Waals surface area contributed by atoms with Gasteiger partial charge in [-0.15, -0.1) is 0 Å². The van der Waals surface area contributed by atoms with Crippen molar-refractivity contribution in [1.82, 2.24) is 15.2 Å². The second kappa shape index (κ2) is 8.29. The Morgan fingerprint density at radius 3 is 2.65 bits per heavy atom. The lowest BCUT2D eigenvalue weighted by Crippen LogP contribution is -2.47. The SMILES string of the molecule is CCOc1ccc(C2NC(=O)N(Cc3ncc(C)c(OC)c3C)C3=C2C(=O)OC3)cc1. The number of nitrogens with one attached hydrogen (secondary N) is 1. The van der Waals surface area contributed by atoms with Crippen LogP contribution in [0.2, 0.25) is 0 Å². The highest BCUT2D eigenvalue weighted by molar-refractivity contribution is 5.97. The third-order valence-corrected chi connectivity index (χ3v) is 5.58. The number of esters is 1. The highest BCUT2D eigenvalue weighted by Crippen LogP contribution is 2.36. The second-order valence-electron chi connectivity index (χ2n) is 7.45. The summed E-state index contributed by atoms with van der Waals surface area (Å²) in [6.45, 7) is 6.56. The number of cyclic esters (lactones) is 1. The van der Waals surface area contributed by atoms with E-state index in [9.17, 15) is 9.59 Å². The fourth-order valence-corrected chi connectivity index (χ4v) is 4.03. The number of amides is 2. The van der Waals surface area contributed by atoms with E-state index in [2.05, 4.69) is 10.3 Å². The Balaban J connectivity index is 1.69. The molecule has 1 N–H and O–H groups in total. The Bertz CT molecular complexity index is 1060. The number of nitrogens with zero attached hydrogens (tertiary/aromatic N) is 2.